The van der Waals surface area contributed by atoms with E-state index in [9.17, 15) is 9.59 Å². The minimum Gasteiger partial charge on any atom is -0.272 e. The molecule has 6 nitrogen and oxygen atoms in total. The first kappa shape index (κ1) is 21.8. The lowest BCUT2D eigenvalue weighted by Crippen LogP contribution is -2.24. The van der Waals surface area contributed by atoms with E-state index >= 15 is 0 Å². The van der Waals surface area contributed by atoms with Gasteiger partial charge >= 0.3 is 0 Å². The van der Waals surface area contributed by atoms with Gasteiger partial charge in [-0.2, -0.15) is 5.10 Å². The van der Waals surface area contributed by atoms with Gasteiger partial charge in [0, 0.05) is 5.02 Å². The molecule has 0 spiro atoms. The standard InChI is InChI=1S/C24H19ClN4O2S/c1-16-6-12-19(13-7-16)29-23(31)20-4-2-3-5-21(20)27-24(29)32-15-22(30)28-26-14-17-8-10-18(25)11-9-17/h2-14H,15H2,1H3,(H,28,30)/b26-14-. The van der Waals surface area contributed by atoms with Gasteiger partial charge in [0.1, 0.15) is 0 Å². The van der Waals surface area contributed by atoms with E-state index in [0.717, 1.165) is 11.1 Å². The highest BCUT2D eigenvalue weighted by atomic mass is 35.5. The van der Waals surface area contributed by atoms with Gasteiger partial charge in [-0.1, -0.05) is 65.3 Å². The van der Waals surface area contributed by atoms with Crippen LogP contribution in [-0.4, -0.2) is 27.4 Å². The first-order valence-electron chi connectivity index (χ1n) is 9.80. The third-order valence-electron chi connectivity index (χ3n) is 4.64. The molecule has 4 rings (SSSR count). The first-order valence-corrected chi connectivity index (χ1v) is 11.2. The molecule has 0 aliphatic rings. The molecule has 160 valence electrons. The molecule has 3 aromatic carbocycles. The smallest absolute Gasteiger partial charge is 0.266 e. The number of amides is 1. The summed E-state index contributed by atoms with van der Waals surface area (Å²) in [5, 5.41) is 5.56. The van der Waals surface area contributed by atoms with E-state index in [1.165, 1.54) is 22.5 Å². The van der Waals surface area contributed by atoms with Crippen LogP contribution in [0.25, 0.3) is 16.6 Å². The van der Waals surface area contributed by atoms with E-state index in [4.69, 9.17) is 11.6 Å². The molecule has 0 saturated carbocycles. The van der Waals surface area contributed by atoms with Crippen molar-refractivity contribution in [3.05, 3.63) is 99.3 Å². The fraction of sp³-hybridized carbons (Fsp3) is 0.0833. The molecule has 1 heterocycles. The zero-order valence-electron chi connectivity index (χ0n) is 17.2. The maximum absolute atomic E-state index is 13.2. The minimum atomic E-state index is -0.307. The number of halogens is 1. The van der Waals surface area contributed by atoms with Crippen molar-refractivity contribution in [3.63, 3.8) is 0 Å². The quantitative estimate of drug-likeness (QED) is 0.197. The summed E-state index contributed by atoms with van der Waals surface area (Å²) in [6.07, 6.45) is 1.54. The van der Waals surface area contributed by atoms with Gasteiger partial charge < -0.3 is 0 Å². The van der Waals surface area contributed by atoms with Gasteiger partial charge in [0.15, 0.2) is 5.16 Å². The number of benzene rings is 3. The second kappa shape index (κ2) is 9.80. The maximum Gasteiger partial charge on any atom is 0.266 e. The second-order valence-corrected chi connectivity index (χ2v) is 8.40. The number of hydrogen-bond acceptors (Lipinski definition) is 5. The molecule has 0 radical (unpaired) electrons. The molecule has 0 aliphatic carbocycles. The van der Waals surface area contributed by atoms with Crippen molar-refractivity contribution in [2.75, 3.05) is 5.75 Å². The van der Waals surface area contributed by atoms with Crippen LogP contribution < -0.4 is 11.0 Å². The summed E-state index contributed by atoms with van der Waals surface area (Å²) >= 11 is 7.04. The molecule has 8 heteroatoms. The monoisotopic (exact) mass is 462 g/mol. The van der Waals surface area contributed by atoms with Crippen LogP contribution in [0.5, 0.6) is 0 Å². The number of nitrogens with one attached hydrogen (secondary N) is 1. The Morgan fingerprint density at radius 3 is 2.56 bits per heavy atom. The van der Waals surface area contributed by atoms with Crippen LogP contribution in [-0.2, 0) is 4.79 Å². The molecule has 0 bridgehead atoms. The molecule has 0 unspecified atom stereocenters. The van der Waals surface area contributed by atoms with Crippen LogP contribution in [0, 0.1) is 6.92 Å². The van der Waals surface area contributed by atoms with Gasteiger partial charge in [-0.3, -0.25) is 14.2 Å². The van der Waals surface area contributed by atoms with Crippen molar-refractivity contribution in [2.45, 2.75) is 12.1 Å². The van der Waals surface area contributed by atoms with Crippen molar-refractivity contribution in [1.29, 1.82) is 0 Å². The van der Waals surface area contributed by atoms with Crippen molar-refractivity contribution < 1.29 is 4.79 Å². The number of hydrogen-bond donors (Lipinski definition) is 1. The molecule has 0 aliphatic heterocycles. The van der Waals surface area contributed by atoms with Crippen LogP contribution >= 0.6 is 23.4 Å². The molecule has 0 fully saturated rings. The third kappa shape index (κ3) is 5.07. The predicted octanol–water partition coefficient (Wildman–Crippen LogP) is 4.59. The predicted molar refractivity (Wildman–Crippen MR) is 130 cm³/mol. The lowest BCUT2D eigenvalue weighted by Gasteiger charge is -2.13. The first-order chi connectivity index (χ1) is 15.5. The van der Waals surface area contributed by atoms with Gasteiger partial charge in [-0.15, -0.1) is 0 Å². The summed E-state index contributed by atoms with van der Waals surface area (Å²) in [6, 6.07) is 21.9. The third-order valence-corrected chi connectivity index (χ3v) is 5.83. The maximum atomic E-state index is 13.2. The number of aryl methyl sites for hydroxylation is 1. The minimum absolute atomic E-state index is 0.0502. The molecule has 1 aromatic heterocycles. The van der Waals surface area contributed by atoms with Crippen LogP contribution in [0.1, 0.15) is 11.1 Å². The Balaban J connectivity index is 1.56. The normalized spacial score (nSPS) is 11.2. The number of para-hydroxylation sites is 1. The highest BCUT2D eigenvalue weighted by molar-refractivity contribution is 7.99. The average molecular weight is 463 g/mol. The molecule has 4 aromatic rings. The Labute approximate surface area is 194 Å². The number of thioether (sulfide) groups is 1. The van der Waals surface area contributed by atoms with Crippen molar-refractivity contribution in [1.82, 2.24) is 15.0 Å². The van der Waals surface area contributed by atoms with Crippen LogP contribution in [0.15, 0.2) is 87.8 Å². The Bertz CT molecular complexity index is 1350. The summed E-state index contributed by atoms with van der Waals surface area (Å²) in [7, 11) is 0. The molecule has 1 N–H and O–H groups in total. The zero-order chi connectivity index (χ0) is 22.5. The lowest BCUT2D eigenvalue weighted by molar-refractivity contribution is -0.118. The van der Waals surface area contributed by atoms with E-state index < -0.39 is 0 Å². The highest BCUT2D eigenvalue weighted by Crippen LogP contribution is 2.21. The van der Waals surface area contributed by atoms with E-state index in [1.54, 1.807) is 36.4 Å². The largest absolute Gasteiger partial charge is 0.272 e. The molecule has 1 amide bonds. The number of nitrogens with zero attached hydrogens (tertiary/aromatic N) is 3. The number of rotatable bonds is 6. The van der Waals surface area contributed by atoms with Gasteiger partial charge in [0.25, 0.3) is 11.5 Å². The van der Waals surface area contributed by atoms with Crippen molar-refractivity contribution in [2.24, 2.45) is 5.10 Å². The summed E-state index contributed by atoms with van der Waals surface area (Å²) in [4.78, 5) is 30.2. The number of carbonyl (C=O) groups is 1. The fourth-order valence-corrected chi connectivity index (χ4v) is 3.95. The number of fused-ring (bicyclic) bond motifs is 1. The summed E-state index contributed by atoms with van der Waals surface area (Å²) in [5.41, 5.74) is 5.50. The molecular weight excluding hydrogens is 444 g/mol. The average Bonchev–Trinajstić information content (AvgIpc) is 2.80. The number of aromatic nitrogens is 2. The topological polar surface area (TPSA) is 76.3 Å². The van der Waals surface area contributed by atoms with E-state index in [1.807, 2.05) is 43.3 Å². The van der Waals surface area contributed by atoms with Crippen molar-refractivity contribution in [3.8, 4) is 5.69 Å². The van der Waals surface area contributed by atoms with E-state index in [-0.39, 0.29) is 17.2 Å². The summed E-state index contributed by atoms with van der Waals surface area (Å²) < 4.78 is 1.54. The molecular formula is C24H19ClN4O2S. The van der Waals surface area contributed by atoms with Gasteiger partial charge in [0.05, 0.1) is 28.6 Å². The van der Waals surface area contributed by atoms with Gasteiger partial charge in [0.2, 0.25) is 0 Å². The van der Waals surface area contributed by atoms with Gasteiger partial charge in [-0.05, 0) is 48.9 Å². The Kier molecular flexibility index (Phi) is 6.68. The Hall–Kier alpha value is -3.42. The molecule has 0 atom stereocenters. The SMILES string of the molecule is Cc1ccc(-n2c(SCC(=O)N/N=C\c3ccc(Cl)cc3)nc3ccccc3c2=O)cc1. The molecule has 0 saturated heterocycles. The Morgan fingerprint density at radius 2 is 1.81 bits per heavy atom. The second-order valence-electron chi connectivity index (χ2n) is 7.02. The van der Waals surface area contributed by atoms with Crippen LogP contribution in [0.4, 0.5) is 0 Å². The number of carbonyl (C=O) groups excluding carboxylic acids is 1. The fourth-order valence-electron chi connectivity index (χ4n) is 3.02. The van der Waals surface area contributed by atoms with Crippen LogP contribution in [0.2, 0.25) is 5.02 Å². The Morgan fingerprint density at radius 1 is 1.09 bits per heavy atom. The lowest BCUT2D eigenvalue weighted by atomic mass is 10.2. The summed E-state index contributed by atoms with van der Waals surface area (Å²) in [6.45, 7) is 1.98. The van der Waals surface area contributed by atoms with E-state index in [0.29, 0.717) is 26.8 Å². The van der Waals surface area contributed by atoms with Crippen LogP contribution in [0.3, 0.4) is 0 Å². The van der Waals surface area contributed by atoms with Gasteiger partial charge in [-0.25, -0.2) is 10.4 Å². The number of hydrazone groups is 1. The summed E-state index contributed by atoms with van der Waals surface area (Å²) in [5.74, 6) is -0.257. The van der Waals surface area contributed by atoms with Crippen molar-refractivity contribution >= 4 is 46.4 Å². The van der Waals surface area contributed by atoms with E-state index in [2.05, 4.69) is 15.5 Å². The molecule has 32 heavy (non-hydrogen) atoms. The highest BCUT2D eigenvalue weighted by Gasteiger charge is 2.14. The zero-order valence-corrected chi connectivity index (χ0v) is 18.7.